The minimum Gasteiger partial charge on any atom is -0.0928 e. The molecule has 0 aliphatic heterocycles. The Labute approximate surface area is 101 Å². The van der Waals surface area contributed by atoms with E-state index >= 15 is 0 Å². The Morgan fingerprint density at radius 2 is 1.27 bits per heavy atom. The molecule has 0 spiro atoms. The van der Waals surface area contributed by atoms with Gasteiger partial charge in [-0.15, -0.1) is 0 Å². The number of halogens is 4. The molecule has 0 saturated heterocycles. The molecular weight excluding hydrogens is 404 g/mol. The maximum Gasteiger partial charge on any atom is 0.0869 e. The maximum absolute atomic E-state index is 3.70. The van der Waals surface area contributed by atoms with Gasteiger partial charge in [0, 0.05) is 10.7 Å². The highest BCUT2D eigenvalue weighted by molar-refractivity contribution is 9.25. The standard InChI is InChI=1S/C7H10Br4/c8-3-1-5-6(2-4-9)7(5,10)11/h5-6H,1-4H2. The fraction of sp³-hybridized carbons (Fsp3) is 1.00. The van der Waals surface area contributed by atoms with Gasteiger partial charge in [-0.1, -0.05) is 63.7 Å². The summed E-state index contributed by atoms with van der Waals surface area (Å²) in [6.07, 6.45) is 2.52. The van der Waals surface area contributed by atoms with Crippen LogP contribution < -0.4 is 0 Å². The maximum atomic E-state index is 3.70. The number of alkyl halides is 4. The summed E-state index contributed by atoms with van der Waals surface area (Å²) in [5.41, 5.74) is 0. The molecule has 2 atom stereocenters. The summed E-state index contributed by atoms with van der Waals surface area (Å²) < 4.78 is 0.252. The lowest BCUT2D eigenvalue weighted by Crippen LogP contribution is -1.89. The molecule has 1 fully saturated rings. The first kappa shape index (κ1) is 11.0. The minimum absolute atomic E-state index is 0.252. The van der Waals surface area contributed by atoms with Crippen molar-refractivity contribution in [3.63, 3.8) is 0 Å². The van der Waals surface area contributed by atoms with E-state index in [4.69, 9.17) is 0 Å². The van der Waals surface area contributed by atoms with Gasteiger partial charge in [0.05, 0.1) is 3.23 Å². The van der Waals surface area contributed by atoms with E-state index in [1.54, 1.807) is 0 Å². The lowest BCUT2D eigenvalue weighted by molar-refractivity contribution is 0.675. The Morgan fingerprint density at radius 1 is 0.909 bits per heavy atom. The summed E-state index contributed by atoms with van der Waals surface area (Å²) in [5, 5.41) is 2.21. The van der Waals surface area contributed by atoms with Gasteiger partial charge in [-0.05, 0) is 24.7 Å². The van der Waals surface area contributed by atoms with E-state index in [-0.39, 0.29) is 3.23 Å². The third-order valence-electron chi connectivity index (χ3n) is 2.21. The van der Waals surface area contributed by atoms with Crippen molar-refractivity contribution in [2.24, 2.45) is 11.8 Å². The molecule has 2 unspecified atom stereocenters. The summed E-state index contributed by atoms with van der Waals surface area (Å²) >= 11 is 14.3. The Bertz CT molecular complexity index is 120. The summed E-state index contributed by atoms with van der Waals surface area (Å²) in [6.45, 7) is 0. The fourth-order valence-corrected chi connectivity index (χ4v) is 4.40. The van der Waals surface area contributed by atoms with E-state index < -0.39 is 0 Å². The Morgan fingerprint density at radius 3 is 1.55 bits per heavy atom. The molecule has 1 saturated carbocycles. The Kier molecular flexibility index (Phi) is 4.43. The molecule has 4 heteroatoms. The Hall–Kier alpha value is 1.92. The molecule has 0 N–H and O–H groups in total. The molecule has 0 aromatic heterocycles. The molecular formula is C7H10Br4. The van der Waals surface area contributed by atoms with Crippen LogP contribution in [0, 0.1) is 11.8 Å². The summed E-state index contributed by atoms with van der Waals surface area (Å²) in [5.74, 6) is 1.61. The van der Waals surface area contributed by atoms with Crippen molar-refractivity contribution in [3.8, 4) is 0 Å². The third kappa shape index (κ3) is 2.44. The van der Waals surface area contributed by atoms with E-state index in [2.05, 4.69) is 63.7 Å². The van der Waals surface area contributed by atoms with Crippen molar-refractivity contribution < 1.29 is 0 Å². The van der Waals surface area contributed by atoms with Gasteiger partial charge >= 0.3 is 0 Å². The van der Waals surface area contributed by atoms with E-state index in [1.165, 1.54) is 12.8 Å². The van der Waals surface area contributed by atoms with Crippen LogP contribution >= 0.6 is 63.7 Å². The van der Waals surface area contributed by atoms with Crippen LogP contribution in [0.25, 0.3) is 0 Å². The molecule has 0 aromatic rings. The fourth-order valence-electron chi connectivity index (χ4n) is 1.48. The van der Waals surface area contributed by atoms with Crippen LogP contribution in [0.15, 0.2) is 0 Å². The number of rotatable bonds is 4. The van der Waals surface area contributed by atoms with Crippen LogP contribution in [-0.4, -0.2) is 13.9 Å². The molecule has 0 aromatic carbocycles. The van der Waals surface area contributed by atoms with E-state index in [0.717, 1.165) is 22.5 Å². The smallest absolute Gasteiger partial charge is 0.0869 e. The monoisotopic (exact) mass is 410 g/mol. The van der Waals surface area contributed by atoms with Gasteiger partial charge in [-0.2, -0.15) is 0 Å². The van der Waals surface area contributed by atoms with E-state index in [9.17, 15) is 0 Å². The lowest BCUT2D eigenvalue weighted by Gasteiger charge is -1.94. The van der Waals surface area contributed by atoms with Gasteiger partial charge in [0.15, 0.2) is 0 Å². The normalized spacial score (nSPS) is 33.8. The van der Waals surface area contributed by atoms with Gasteiger partial charge < -0.3 is 0 Å². The van der Waals surface area contributed by atoms with Crippen LogP contribution in [0.2, 0.25) is 0 Å². The summed E-state index contributed by atoms with van der Waals surface area (Å²) in [4.78, 5) is 0. The Balaban J connectivity index is 2.34. The molecule has 0 amide bonds. The largest absolute Gasteiger partial charge is 0.0928 e. The first-order chi connectivity index (χ1) is 5.14. The molecule has 1 aliphatic rings. The van der Waals surface area contributed by atoms with Gasteiger partial charge in [-0.25, -0.2) is 0 Å². The second-order valence-corrected chi connectivity index (χ2v) is 8.12. The zero-order valence-electron chi connectivity index (χ0n) is 5.99. The van der Waals surface area contributed by atoms with Crippen LogP contribution in [0.1, 0.15) is 12.8 Å². The second kappa shape index (κ2) is 4.43. The minimum atomic E-state index is 0.252. The molecule has 66 valence electrons. The topological polar surface area (TPSA) is 0 Å². The molecule has 0 heterocycles. The quantitative estimate of drug-likeness (QED) is 0.603. The average molecular weight is 414 g/mol. The van der Waals surface area contributed by atoms with Crippen molar-refractivity contribution in [2.45, 2.75) is 16.1 Å². The molecule has 1 aliphatic carbocycles. The second-order valence-electron chi connectivity index (χ2n) is 2.84. The average Bonchev–Trinajstić information content (AvgIpc) is 2.41. The van der Waals surface area contributed by atoms with Crippen molar-refractivity contribution in [1.82, 2.24) is 0 Å². The van der Waals surface area contributed by atoms with Gasteiger partial charge in [0.2, 0.25) is 0 Å². The van der Waals surface area contributed by atoms with Crippen LogP contribution in [0.4, 0.5) is 0 Å². The first-order valence-electron chi connectivity index (χ1n) is 3.64. The number of hydrogen-bond acceptors (Lipinski definition) is 0. The highest BCUT2D eigenvalue weighted by atomic mass is 79.9. The predicted octanol–water partition coefficient (Wildman–Crippen LogP) is 4.29. The number of hydrogen-bond donors (Lipinski definition) is 0. The highest BCUT2D eigenvalue weighted by Crippen LogP contribution is 2.64. The van der Waals surface area contributed by atoms with Crippen molar-refractivity contribution in [2.75, 3.05) is 10.7 Å². The van der Waals surface area contributed by atoms with E-state index in [0.29, 0.717) is 0 Å². The SMILES string of the molecule is BrCCC1C(CCBr)C1(Br)Br. The zero-order chi connectivity index (χ0) is 8.48. The van der Waals surface area contributed by atoms with Crippen LogP contribution in [0.3, 0.4) is 0 Å². The summed E-state index contributed by atoms with van der Waals surface area (Å²) in [7, 11) is 0. The van der Waals surface area contributed by atoms with Crippen LogP contribution in [0.5, 0.6) is 0 Å². The molecule has 1 rings (SSSR count). The third-order valence-corrected chi connectivity index (χ3v) is 5.47. The molecule has 0 nitrogen and oxygen atoms in total. The first-order valence-corrected chi connectivity index (χ1v) is 7.47. The van der Waals surface area contributed by atoms with Crippen molar-refractivity contribution in [3.05, 3.63) is 0 Å². The molecule has 11 heavy (non-hydrogen) atoms. The molecule has 0 radical (unpaired) electrons. The van der Waals surface area contributed by atoms with E-state index in [1.807, 2.05) is 0 Å². The van der Waals surface area contributed by atoms with Crippen molar-refractivity contribution >= 4 is 63.7 Å². The predicted molar refractivity (Wildman–Crippen MR) is 64.4 cm³/mol. The van der Waals surface area contributed by atoms with Gasteiger partial charge in [-0.3, -0.25) is 0 Å². The van der Waals surface area contributed by atoms with Gasteiger partial charge in [0.1, 0.15) is 0 Å². The van der Waals surface area contributed by atoms with Gasteiger partial charge in [0.25, 0.3) is 0 Å². The highest BCUT2D eigenvalue weighted by Gasteiger charge is 2.59. The van der Waals surface area contributed by atoms with Crippen molar-refractivity contribution in [1.29, 1.82) is 0 Å². The zero-order valence-corrected chi connectivity index (χ0v) is 12.3. The lowest BCUT2D eigenvalue weighted by atomic mass is 10.2. The van der Waals surface area contributed by atoms with Crippen LogP contribution in [-0.2, 0) is 0 Å². The molecule has 0 bridgehead atoms. The summed E-state index contributed by atoms with van der Waals surface area (Å²) in [6, 6.07) is 0.